The molecule has 1 aliphatic rings. The van der Waals surface area contributed by atoms with E-state index in [1.54, 1.807) is 12.1 Å². The van der Waals surface area contributed by atoms with E-state index in [9.17, 15) is 4.79 Å². The van der Waals surface area contributed by atoms with Crippen molar-refractivity contribution in [1.29, 1.82) is 5.26 Å². The van der Waals surface area contributed by atoms with Gasteiger partial charge >= 0.3 is 5.97 Å². The molecule has 0 N–H and O–H groups in total. The summed E-state index contributed by atoms with van der Waals surface area (Å²) in [6.45, 7) is 3.58. The number of cyclic esters (lactones) is 1. The molecule has 1 aliphatic heterocycles. The molecule has 1 fully saturated rings. The van der Waals surface area contributed by atoms with Gasteiger partial charge in [0.15, 0.2) is 0 Å². The zero-order valence-corrected chi connectivity index (χ0v) is 8.06. The van der Waals surface area contributed by atoms with Crippen LogP contribution in [0.4, 0.5) is 0 Å². The Labute approximate surface area is 87.6 Å². The quantitative estimate of drug-likeness (QED) is 0.512. The summed E-state index contributed by atoms with van der Waals surface area (Å²) < 4.78 is 5.10. The minimum atomic E-state index is -1.17. The minimum absolute atomic E-state index is 0.242. The molecule has 0 amide bonds. The second-order valence-corrected chi connectivity index (χ2v) is 3.47. The molecule has 0 aromatic heterocycles. The van der Waals surface area contributed by atoms with Crippen LogP contribution in [-0.2, 0) is 15.1 Å². The van der Waals surface area contributed by atoms with Crippen molar-refractivity contribution in [2.45, 2.75) is 12.0 Å². The Morgan fingerprint density at radius 1 is 1.40 bits per heavy atom. The van der Waals surface area contributed by atoms with Gasteiger partial charge in [-0.2, -0.15) is 5.26 Å². The molecular weight excluding hydrogens is 190 g/mol. The van der Waals surface area contributed by atoms with Gasteiger partial charge in [-0.1, -0.05) is 36.9 Å². The summed E-state index contributed by atoms with van der Waals surface area (Å²) in [5.74, 6) is -0.486. The number of carbonyl (C=O) groups is 1. The standard InChI is InChI=1S/C12H9NO2/c1-9-7-12(8-13,15-11(9)14)10-5-3-2-4-6-10/h2-6H,1,7H2. The maximum absolute atomic E-state index is 11.2. The van der Waals surface area contributed by atoms with Gasteiger partial charge in [-0.25, -0.2) is 4.79 Å². The highest BCUT2D eigenvalue weighted by Crippen LogP contribution is 2.38. The maximum Gasteiger partial charge on any atom is 0.335 e. The monoisotopic (exact) mass is 199 g/mol. The Balaban J connectivity index is 2.46. The van der Waals surface area contributed by atoms with E-state index >= 15 is 0 Å². The first-order valence-electron chi connectivity index (χ1n) is 4.56. The number of benzene rings is 1. The molecule has 0 saturated carbocycles. The third-order valence-corrected chi connectivity index (χ3v) is 2.44. The molecule has 74 valence electrons. The van der Waals surface area contributed by atoms with Crippen molar-refractivity contribution in [3.05, 3.63) is 48.0 Å². The number of ether oxygens (including phenoxy) is 1. The van der Waals surface area contributed by atoms with Crippen molar-refractivity contribution in [3.63, 3.8) is 0 Å². The summed E-state index contributed by atoms with van der Waals surface area (Å²) in [5, 5.41) is 9.14. The molecule has 1 aromatic rings. The third-order valence-electron chi connectivity index (χ3n) is 2.44. The van der Waals surface area contributed by atoms with Crippen LogP contribution >= 0.6 is 0 Å². The SMILES string of the molecule is C=C1CC(C#N)(c2ccccc2)OC1=O. The number of esters is 1. The van der Waals surface area contributed by atoms with Gasteiger partial charge in [0.2, 0.25) is 5.60 Å². The van der Waals surface area contributed by atoms with Gasteiger partial charge in [0.1, 0.15) is 6.07 Å². The molecule has 0 bridgehead atoms. The van der Waals surface area contributed by atoms with E-state index in [0.717, 1.165) is 0 Å². The van der Waals surface area contributed by atoms with Crippen LogP contribution < -0.4 is 0 Å². The Morgan fingerprint density at radius 3 is 2.53 bits per heavy atom. The second-order valence-electron chi connectivity index (χ2n) is 3.47. The summed E-state index contributed by atoms with van der Waals surface area (Å²) >= 11 is 0. The van der Waals surface area contributed by atoms with Crippen LogP contribution in [-0.4, -0.2) is 5.97 Å². The molecule has 1 atom stereocenters. The van der Waals surface area contributed by atoms with Gasteiger partial charge in [0, 0.05) is 17.6 Å². The third kappa shape index (κ3) is 1.40. The number of nitriles is 1. The van der Waals surface area contributed by atoms with E-state index in [-0.39, 0.29) is 6.42 Å². The van der Waals surface area contributed by atoms with Crippen LogP contribution in [0.3, 0.4) is 0 Å². The van der Waals surface area contributed by atoms with Crippen LogP contribution in [0.5, 0.6) is 0 Å². The summed E-state index contributed by atoms with van der Waals surface area (Å²) in [4.78, 5) is 11.2. The molecule has 1 saturated heterocycles. The second kappa shape index (κ2) is 3.25. The average molecular weight is 199 g/mol. The first-order valence-corrected chi connectivity index (χ1v) is 4.56. The van der Waals surface area contributed by atoms with Crippen molar-refractivity contribution in [1.82, 2.24) is 0 Å². The number of carbonyl (C=O) groups excluding carboxylic acids is 1. The van der Waals surface area contributed by atoms with Crippen LogP contribution in [0.1, 0.15) is 12.0 Å². The fourth-order valence-corrected chi connectivity index (χ4v) is 1.63. The minimum Gasteiger partial charge on any atom is -0.435 e. The first kappa shape index (κ1) is 9.47. The lowest BCUT2D eigenvalue weighted by Crippen LogP contribution is -2.22. The highest BCUT2D eigenvalue weighted by Gasteiger charge is 2.44. The smallest absolute Gasteiger partial charge is 0.335 e. The summed E-state index contributed by atoms with van der Waals surface area (Å²) in [5.41, 5.74) is -0.130. The normalized spacial score (nSPS) is 24.7. The molecule has 3 heteroatoms. The highest BCUT2D eigenvalue weighted by molar-refractivity contribution is 5.91. The molecule has 15 heavy (non-hydrogen) atoms. The highest BCUT2D eigenvalue weighted by atomic mass is 16.6. The van der Waals surface area contributed by atoms with Crippen molar-refractivity contribution in [2.75, 3.05) is 0 Å². The van der Waals surface area contributed by atoms with Gasteiger partial charge in [0.05, 0.1) is 0 Å². The van der Waals surface area contributed by atoms with Gasteiger partial charge in [-0.15, -0.1) is 0 Å². The molecule has 2 rings (SSSR count). The van der Waals surface area contributed by atoms with Crippen molar-refractivity contribution < 1.29 is 9.53 Å². The number of nitrogens with zero attached hydrogens (tertiary/aromatic N) is 1. The van der Waals surface area contributed by atoms with Crippen LogP contribution in [0.15, 0.2) is 42.5 Å². The lowest BCUT2D eigenvalue weighted by Gasteiger charge is -2.18. The Hall–Kier alpha value is -2.08. The molecule has 1 aromatic carbocycles. The summed E-state index contributed by atoms with van der Waals surface area (Å²) in [7, 11) is 0. The zero-order chi connectivity index (χ0) is 10.9. The van der Waals surface area contributed by atoms with Gasteiger partial charge < -0.3 is 4.74 Å². The molecule has 0 aliphatic carbocycles. The van der Waals surface area contributed by atoms with E-state index in [1.165, 1.54) is 0 Å². The van der Waals surface area contributed by atoms with Crippen LogP contribution in [0.25, 0.3) is 0 Å². The van der Waals surface area contributed by atoms with E-state index in [4.69, 9.17) is 10.00 Å². The van der Waals surface area contributed by atoms with Gasteiger partial charge in [-0.05, 0) is 0 Å². The van der Waals surface area contributed by atoms with E-state index in [2.05, 4.69) is 12.6 Å². The Bertz CT molecular complexity index is 440. The number of rotatable bonds is 1. The fraction of sp³-hybridized carbons (Fsp3) is 0.167. The van der Waals surface area contributed by atoms with Crippen LogP contribution in [0.2, 0.25) is 0 Å². The van der Waals surface area contributed by atoms with Crippen molar-refractivity contribution >= 4 is 5.97 Å². The Kier molecular flexibility index (Phi) is 2.05. The zero-order valence-electron chi connectivity index (χ0n) is 8.06. The van der Waals surface area contributed by atoms with E-state index < -0.39 is 11.6 Å². The molecule has 3 nitrogen and oxygen atoms in total. The summed E-state index contributed by atoms with van der Waals surface area (Å²) in [6, 6.07) is 11.1. The lowest BCUT2D eigenvalue weighted by molar-refractivity contribution is -0.143. The van der Waals surface area contributed by atoms with Crippen LogP contribution in [0, 0.1) is 11.3 Å². The van der Waals surface area contributed by atoms with E-state index in [1.807, 2.05) is 18.2 Å². The molecule has 1 heterocycles. The molecule has 0 radical (unpaired) electrons. The maximum atomic E-state index is 11.2. The number of hydrogen-bond acceptors (Lipinski definition) is 3. The topological polar surface area (TPSA) is 50.1 Å². The summed E-state index contributed by atoms with van der Waals surface area (Å²) in [6.07, 6.45) is 0.242. The largest absolute Gasteiger partial charge is 0.435 e. The van der Waals surface area contributed by atoms with Crippen molar-refractivity contribution in [3.8, 4) is 6.07 Å². The predicted octanol–water partition coefficient (Wildman–Crippen LogP) is 1.91. The van der Waals surface area contributed by atoms with E-state index in [0.29, 0.717) is 11.1 Å². The lowest BCUT2D eigenvalue weighted by atomic mass is 9.91. The van der Waals surface area contributed by atoms with Gasteiger partial charge in [0.25, 0.3) is 0 Å². The average Bonchev–Trinajstić information content (AvgIpc) is 2.57. The molecule has 1 unspecified atom stereocenters. The predicted molar refractivity (Wildman–Crippen MR) is 53.6 cm³/mol. The number of hydrogen-bond donors (Lipinski definition) is 0. The van der Waals surface area contributed by atoms with Crippen molar-refractivity contribution in [2.24, 2.45) is 0 Å². The fourth-order valence-electron chi connectivity index (χ4n) is 1.63. The first-order chi connectivity index (χ1) is 7.18. The Morgan fingerprint density at radius 2 is 2.07 bits per heavy atom. The molecule has 0 spiro atoms. The van der Waals surface area contributed by atoms with Gasteiger partial charge in [-0.3, -0.25) is 0 Å². The molecular formula is C12H9NO2.